The number of benzene rings is 2. The van der Waals surface area contributed by atoms with E-state index in [-0.39, 0.29) is 28.0 Å². The van der Waals surface area contributed by atoms with Crippen molar-refractivity contribution in [3.63, 3.8) is 0 Å². The zero-order valence-corrected chi connectivity index (χ0v) is 24.0. The van der Waals surface area contributed by atoms with Crippen molar-refractivity contribution in [2.24, 2.45) is 5.92 Å². The standard InChI is InChI=1S/C28H28Cl2F2N2O7/c1-33(18-7-9-22(37-2)25(11-18)38-3)28(35)41-24(12-19-20(29)13-34(36)14-21(19)30)17-6-8-23(40-27(31)32)26(10-17)39-15-16-4-5-16/h6-11,13-14,16,24,27H,4-5,12,15H2,1-3H3. The molecule has 0 bridgehead atoms. The summed E-state index contributed by atoms with van der Waals surface area (Å²) < 4.78 is 53.6. The zero-order valence-electron chi connectivity index (χ0n) is 22.4. The number of amides is 1. The minimum atomic E-state index is -3.06. The van der Waals surface area contributed by atoms with Gasteiger partial charge in [0.05, 0.1) is 26.5 Å². The average molecular weight is 613 g/mol. The minimum Gasteiger partial charge on any atom is -0.619 e. The molecule has 1 aliphatic carbocycles. The molecule has 0 saturated heterocycles. The summed E-state index contributed by atoms with van der Waals surface area (Å²) in [4.78, 5) is 14.6. The molecule has 1 unspecified atom stereocenters. The molecule has 2 aromatic carbocycles. The van der Waals surface area contributed by atoms with Gasteiger partial charge in [-0.05, 0) is 48.6 Å². The molecule has 1 saturated carbocycles. The number of carbonyl (C=O) groups is 1. The number of alkyl halides is 2. The van der Waals surface area contributed by atoms with Crippen molar-refractivity contribution in [1.82, 2.24) is 0 Å². The summed E-state index contributed by atoms with van der Waals surface area (Å²) in [6, 6.07) is 9.18. The van der Waals surface area contributed by atoms with Crippen LogP contribution in [0.25, 0.3) is 0 Å². The Hall–Kier alpha value is -3.70. The van der Waals surface area contributed by atoms with E-state index in [9.17, 15) is 18.8 Å². The van der Waals surface area contributed by atoms with Gasteiger partial charge in [0, 0.05) is 25.1 Å². The van der Waals surface area contributed by atoms with Crippen molar-refractivity contribution < 1.29 is 42.0 Å². The number of anilines is 1. The van der Waals surface area contributed by atoms with E-state index in [0.717, 1.165) is 25.2 Å². The van der Waals surface area contributed by atoms with Crippen molar-refractivity contribution in [3.8, 4) is 23.0 Å². The lowest BCUT2D eigenvalue weighted by Gasteiger charge is -2.25. The molecular formula is C28H28Cl2F2N2O7. The maximum absolute atomic E-state index is 13.4. The Kier molecular flexibility index (Phi) is 9.82. The van der Waals surface area contributed by atoms with Gasteiger partial charge < -0.3 is 28.9 Å². The number of hydrogen-bond acceptors (Lipinski definition) is 7. The fraction of sp³-hybridized carbons (Fsp3) is 0.357. The van der Waals surface area contributed by atoms with Crippen LogP contribution in [0.15, 0.2) is 48.8 Å². The summed E-state index contributed by atoms with van der Waals surface area (Å²) >= 11 is 12.6. The minimum absolute atomic E-state index is 0.0405. The van der Waals surface area contributed by atoms with E-state index in [1.807, 2.05) is 0 Å². The van der Waals surface area contributed by atoms with E-state index in [0.29, 0.717) is 45.6 Å². The second-order valence-electron chi connectivity index (χ2n) is 9.31. The molecule has 0 N–H and O–H groups in total. The van der Waals surface area contributed by atoms with Crippen LogP contribution in [0.4, 0.5) is 19.3 Å². The molecule has 220 valence electrons. The number of rotatable bonds is 12. The highest BCUT2D eigenvalue weighted by Gasteiger charge is 2.27. The summed E-state index contributed by atoms with van der Waals surface area (Å²) in [7, 11) is 4.47. The van der Waals surface area contributed by atoms with Crippen molar-refractivity contribution in [1.29, 1.82) is 0 Å². The summed E-state index contributed by atoms with van der Waals surface area (Å²) in [5.74, 6) is 1.14. The predicted octanol–water partition coefficient (Wildman–Crippen LogP) is 6.59. The van der Waals surface area contributed by atoms with Gasteiger partial charge in [0.15, 0.2) is 35.4 Å². The summed E-state index contributed by atoms with van der Waals surface area (Å²) in [6.45, 7) is -2.73. The third-order valence-electron chi connectivity index (χ3n) is 6.45. The molecule has 1 aromatic heterocycles. The quantitative estimate of drug-likeness (QED) is 0.168. The van der Waals surface area contributed by atoms with Gasteiger partial charge >= 0.3 is 12.7 Å². The molecule has 41 heavy (non-hydrogen) atoms. The van der Waals surface area contributed by atoms with Crippen LogP contribution in [0.5, 0.6) is 23.0 Å². The second kappa shape index (κ2) is 13.3. The van der Waals surface area contributed by atoms with Crippen LogP contribution in [-0.2, 0) is 11.2 Å². The molecule has 1 atom stereocenters. The van der Waals surface area contributed by atoms with E-state index in [4.69, 9.17) is 42.1 Å². The summed E-state index contributed by atoms with van der Waals surface area (Å²) in [6.07, 6.45) is 2.41. The smallest absolute Gasteiger partial charge is 0.414 e. The van der Waals surface area contributed by atoms with Gasteiger partial charge in [-0.2, -0.15) is 13.5 Å². The van der Waals surface area contributed by atoms with Crippen LogP contribution in [0.2, 0.25) is 10.0 Å². The van der Waals surface area contributed by atoms with Gasteiger partial charge in [-0.3, -0.25) is 4.90 Å². The third kappa shape index (κ3) is 7.74. The van der Waals surface area contributed by atoms with E-state index < -0.39 is 18.8 Å². The lowest BCUT2D eigenvalue weighted by Crippen LogP contribution is -2.29. The molecule has 3 aromatic rings. The topological polar surface area (TPSA) is 93.4 Å². The zero-order chi connectivity index (χ0) is 29.7. The number of nitrogens with zero attached hydrogens (tertiary/aromatic N) is 2. The highest BCUT2D eigenvalue weighted by Crippen LogP contribution is 2.38. The first kappa shape index (κ1) is 30.3. The Morgan fingerprint density at radius 2 is 1.68 bits per heavy atom. The van der Waals surface area contributed by atoms with Crippen LogP contribution in [0.3, 0.4) is 0 Å². The summed E-state index contributed by atoms with van der Waals surface area (Å²) in [5.41, 5.74) is 1.20. The monoisotopic (exact) mass is 612 g/mol. The molecule has 9 nitrogen and oxygen atoms in total. The maximum atomic E-state index is 13.4. The predicted molar refractivity (Wildman–Crippen MR) is 148 cm³/mol. The number of methoxy groups -OCH3 is 2. The van der Waals surface area contributed by atoms with Gasteiger partial charge in [-0.25, -0.2) is 4.79 Å². The molecule has 4 rings (SSSR count). The third-order valence-corrected chi connectivity index (χ3v) is 7.10. The molecular weight excluding hydrogens is 585 g/mol. The molecule has 1 aliphatic rings. The van der Waals surface area contributed by atoms with Crippen molar-refractivity contribution in [3.05, 3.63) is 75.2 Å². The van der Waals surface area contributed by atoms with Crippen LogP contribution in [-0.4, -0.2) is 40.6 Å². The van der Waals surface area contributed by atoms with Crippen LogP contribution >= 0.6 is 23.2 Å². The number of hydrogen-bond donors (Lipinski definition) is 0. The van der Waals surface area contributed by atoms with Gasteiger partial charge in [0.25, 0.3) is 0 Å². The van der Waals surface area contributed by atoms with Gasteiger partial charge in [0.2, 0.25) is 0 Å². The van der Waals surface area contributed by atoms with Crippen molar-refractivity contribution >= 4 is 35.0 Å². The fourth-order valence-electron chi connectivity index (χ4n) is 4.00. The van der Waals surface area contributed by atoms with Crippen molar-refractivity contribution in [2.75, 3.05) is 32.8 Å². The van der Waals surface area contributed by atoms with E-state index >= 15 is 0 Å². The average Bonchev–Trinajstić information content (AvgIpc) is 3.77. The molecule has 1 fully saturated rings. The number of aromatic nitrogens is 1. The first-order chi connectivity index (χ1) is 19.6. The molecule has 0 spiro atoms. The second-order valence-corrected chi connectivity index (χ2v) is 10.1. The maximum Gasteiger partial charge on any atom is 0.414 e. The molecule has 0 aliphatic heterocycles. The highest BCUT2D eigenvalue weighted by molar-refractivity contribution is 6.35. The van der Waals surface area contributed by atoms with Gasteiger partial charge in [-0.1, -0.05) is 29.3 Å². The normalized spacial score (nSPS) is 13.5. The number of ether oxygens (including phenoxy) is 5. The van der Waals surface area contributed by atoms with E-state index in [2.05, 4.69) is 4.74 Å². The molecule has 13 heteroatoms. The Morgan fingerprint density at radius 1 is 1.02 bits per heavy atom. The lowest BCUT2D eigenvalue weighted by molar-refractivity contribution is -0.605. The molecule has 0 radical (unpaired) electrons. The van der Waals surface area contributed by atoms with E-state index in [1.165, 1.54) is 44.4 Å². The number of halogens is 4. The highest BCUT2D eigenvalue weighted by atomic mass is 35.5. The van der Waals surface area contributed by atoms with E-state index in [1.54, 1.807) is 18.2 Å². The van der Waals surface area contributed by atoms with Gasteiger partial charge in [0.1, 0.15) is 16.1 Å². The Labute approximate surface area is 245 Å². The first-order valence-corrected chi connectivity index (χ1v) is 13.3. The lowest BCUT2D eigenvalue weighted by atomic mass is 10.0. The van der Waals surface area contributed by atoms with Crippen LogP contribution in [0.1, 0.15) is 30.1 Å². The van der Waals surface area contributed by atoms with Gasteiger partial charge in [-0.15, -0.1) is 0 Å². The fourth-order valence-corrected chi connectivity index (χ4v) is 4.60. The van der Waals surface area contributed by atoms with Crippen LogP contribution < -0.4 is 28.6 Å². The van der Waals surface area contributed by atoms with Crippen molar-refractivity contribution in [2.45, 2.75) is 32.0 Å². The summed E-state index contributed by atoms with van der Waals surface area (Å²) in [5, 5.41) is 11.9. The number of pyridine rings is 1. The largest absolute Gasteiger partial charge is 0.619 e. The SMILES string of the molecule is COc1ccc(N(C)C(=O)OC(Cc2c(Cl)c[n+]([O-])cc2Cl)c2ccc(OC(F)F)c(OCC3CC3)c2)cc1OC. The Balaban J connectivity index is 1.68. The first-order valence-electron chi connectivity index (χ1n) is 12.5. The molecule has 1 heterocycles. The van der Waals surface area contributed by atoms with Crippen LogP contribution in [0, 0.1) is 11.1 Å². The molecule has 1 amide bonds. The number of carbonyl (C=O) groups excluding carboxylic acids is 1. The Morgan fingerprint density at radius 3 is 2.29 bits per heavy atom. The Bertz CT molecular complexity index is 1370.